The Hall–Kier alpha value is -1.94. The van der Waals surface area contributed by atoms with Crippen molar-refractivity contribution in [3.05, 3.63) is 65.2 Å². The van der Waals surface area contributed by atoms with E-state index in [0.29, 0.717) is 11.1 Å². The van der Waals surface area contributed by atoms with Gasteiger partial charge in [0.05, 0.1) is 12.2 Å². The van der Waals surface area contributed by atoms with Crippen LogP contribution in [0, 0.1) is 11.6 Å². The number of halogens is 2. The summed E-state index contributed by atoms with van der Waals surface area (Å²) in [5.41, 5.74) is 1.10. The van der Waals surface area contributed by atoms with Crippen molar-refractivity contribution in [2.24, 2.45) is 0 Å². The van der Waals surface area contributed by atoms with Gasteiger partial charge in [-0.3, -0.25) is 0 Å². The van der Waals surface area contributed by atoms with Crippen LogP contribution in [0.25, 0.3) is 0 Å². The van der Waals surface area contributed by atoms with E-state index in [-0.39, 0.29) is 12.5 Å². The van der Waals surface area contributed by atoms with Gasteiger partial charge in [-0.05, 0) is 48.2 Å². The summed E-state index contributed by atoms with van der Waals surface area (Å²) in [6.07, 6.45) is 1.75. The predicted molar refractivity (Wildman–Crippen MR) is 75.1 cm³/mol. The van der Waals surface area contributed by atoms with E-state index in [2.05, 4.69) is 0 Å². The van der Waals surface area contributed by atoms with Gasteiger partial charge >= 0.3 is 0 Å². The molecule has 2 aromatic rings. The molecule has 0 heterocycles. The highest BCUT2D eigenvalue weighted by atomic mass is 19.1. The minimum absolute atomic E-state index is 0.154. The van der Waals surface area contributed by atoms with Crippen LogP contribution < -0.4 is 4.74 Å². The van der Waals surface area contributed by atoms with Gasteiger partial charge in [0.1, 0.15) is 17.4 Å². The van der Waals surface area contributed by atoms with Crippen LogP contribution >= 0.6 is 0 Å². The standard InChI is InChI=1S/C17H16F2O2/c18-13-6-11(7-14(19)10-13)8-17(20)12-2-1-3-16(9-12)21-15-4-5-15/h1-3,6-7,9-10,15,17,20H,4-5,8H2. The predicted octanol–water partition coefficient (Wildman–Crippen LogP) is 3.78. The van der Waals surface area contributed by atoms with E-state index in [9.17, 15) is 13.9 Å². The summed E-state index contributed by atoms with van der Waals surface area (Å²) in [4.78, 5) is 0. The number of aliphatic hydroxyl groups excluding tert-OH is 1. The second-order valence-corrected chi connectivity index (χ2v) is 5.39. The first-order valence-electron chi connectivity index (χ1n) is 7.00. The van der Waals surface area contributed by atoms with E-state index >= 15 is 0 Å². The molecule has 1 aliphatic carbocycles. The average Bonchev–Trinajstić information content (AvgIpc) is 3.21. The third-order valence-corrected chi connectivity index (χ3v) is 3.42. The summed E-state index contributed by atoms with van der Waals surface area (Å²) in [6, 6.07) is 10.5. The lowest BCUT2D eigenvalue weighted by atomic mass is 10.0. The van der Waals surface area contributed by atoms with Gasteiger partial charge in [-0.2, -0.15) is 0 Å². The van der Waals surface area contributed by atoms with Crippen molar-refractivity contribution in [1.82, 2.24) is 0 Å². The zero-order valence-corrected chi connectivity index (χ0v) is 11.4. The topological polar surface area (TPSA) is 29.5 Å². The highest BCUT2D eigenvalue weighted by Crippen LogP contribution is 2.29. The van der Waals surface area contributed by atoms with E-state index in [0.717, 1.165) is 24.7 Å². The zero-order chi connectivity index (χ0) is 14.8. The van der Waals surface area contributed by atoms with Gasteiger partial charge in [0.25, 0.3) is 0 Å². The molecule has 0 amide bonds. The number of benzene rings is 2. The number of hydrogen-bond acceptors (Lipinski definition) is 2. The molecule has 2 aromatic carbocycles. The molecular formula is C17H16F2O2. The Kier molecular flexibility index (Phi) is 3.88. The largest absolute Gasteiger partial charge is 0.490 e. The lowest BCUT2D eigenvalue weighted by molar-refractivity contribution is 0.177. The highest BCUT2D eigenvalue weighted by Gasteiger charge is 2.23. The van der Waals surface area contributed by atoms with Crippen LogP contribution in [0.5, 0.6) is 5.75 Å². The molecule has 1 saturated carbocycles. The van der Waals surface area contributed by atoms with E-state index in [1.807, 2.05) is 12.1 Å². The molecule has 1 aliphatic rings. The molecule has 1 unspecified atom stereocenters. The second kappa shape index (κ2) is 5.82. The van der Waals surface area contributed by atoms with Crippen molar-refractivity contribution >= 4 is 0 Å². The summed E-state index contributed by atoms with van der Waals surface area (Å²) in [5, 5.41) is 10.2. The van der Waals surface area contributed by atoms with Crippen molar-refractivity contribution in [3.8, 4) is 5.75 Å². The molecule has 1 N–H and O–H groups in total. The fourth-order valence-electron chi connectivity index (χ4n) is 2.24. The Balaban J connectivity index is 1.73. The van der Waals surface area contributed by atoms with Gasteiger partial charge in [-0.1, -0.05) is 12.1 Å². The molecule has 0 aliphatic heterocycles. The first-order valence-corrected chi connectivity index (χ1v) is 7.00. The molecule has 1 atom stereocenters. The van der Waals surface area contributed by atoms with E-state index in [1.54, 1.807) is 12.1 Å². The molecule has 0 bridgehead atoms. The smallest absolute Gasteiger partial charge is 0.126 e. The molecule has 2 nitrogen and oxygen atoms in total. The average molecular weight is 290 g/mol. The number of rotatable bonds is 5. The summed E-state index contributed by atoms with van der Waals surface area (Å²) in [5.74, 6) is -0.550. The normalized spacial score (nSPS) is 15.8. The fraction of sp³-hybridized carbons (Fsp3) is 0.294. The van der Waals surface area contributed by atoms with Crippen molar-refractivity contribution in [3.63, 3.8) is 0 Å². The molecule has 0 spiro atoms. The maximum atomic E-state index is 13.2. The monoisotopic (exact) mass is 290 g/mol. The summed E-state index contributed by atoms with van der Waals surface area (Å²) < 4.78 is 32.0. The first-order chi connectivity index (χ1) is 10.1. The minimum Gasteiger partial charge on any atom is -0.490 e. The summed E-state index contributed by atoms with van der Waals surface area (Å²) in [7, 11) is 0. The molecule has 0 saturated heterocycles. The van der Waals surface area contributed by atoms with E-state index in [4.69, 9.17) is 4.74 Å². The molecule has 0 radical (unpaired) electrons. The Labute approximate surface area is 122 Å². The van der Waals surface area contributed by atoms with Crippen LogP contribution in [-0.4, -0.2) is 11.2 Å². The van der Waals surface area contributed by atoms with Gasteiger partial charge in [-0.25, -0.2) is 8.78 Å². The zero-order valence-electron chi connectivity index (χ0n) is 11.4. The van der Waals surface area contributed by atoms with Crippen molar-refractivity contribution in [2.45, 2.75) is 31.5 Å². The Bertz CT molecular complexity index is 618. The summed E-state index contributed by atoms with van der Waals surface area (Å²) in [6.45, 7) is 0. The van der Waals surface area contributed by atoms with E-state index < -0.39 is 17.7 Å². The fourth-order valence-corrected chi connectivity index (χ4v) is 2.24. The Morgan fingerprint density at radius 2 is 1.81 bits per heavy atom. The Morgan fingerprint density at radius 3 is 2.48 bits per heavy atom. The molecule has 4 heteroatoms. The molecule has 110 valence electrons. The maximum Gasteiger partial charge on any atom is 0.126 e. The molecular weight excluding hydrogens is 274 g/mol. The SMILES string of the molecule is OC(Cc1cc(F)cc(F)c1)c1cccc(OC2CC2)c1. The third-order valence-electron chi connectivity index (χ3n) is 3.42. The van der Waals surface area contributed by atoms with Crippen molar-refractivity contribution in [2.75, 3.05) is 0 Å². The van der Waals surface area contributed by atoms with Crippen LogP contribution in [0.15, 0.2) is 42.5 Å². The summed E-state index contributed by atoms with van der Waals surface area (Å²) >= 11 is 0. The van der Waals surface area contributed by atoms with Crippen LogP contribution in [0.2, 0.25) is 0 Å². The van der Waals surface area contributed by atoms with Gasteiger partial charge in [0.2, 0.25) is 0 Å². The van der Waals surface area contributed by atoms with Crippen LogP contribution in [-0.2, 0) is 6.42 Å². The first kappa shape index (κ1) is 14.0. The maximum absolute atomic E-state index is 13.2. The van der Waals surface area contributed by atoms with Crippen molar-refractivity contribution in [1.29, 1.82) is 0 Å². The number of ether oxygens (including phenoxy) is 1. The lowest BCUT2D eigenvalue weighted by Crippen LogP contribution is -2.04. The van der Waals surface area contributed by atoms with Crippen LogP contribution in [0.3, 0.4) is 0 Å². The number of aliphatic hydroxyl groups is 1. The Morgan fingerprint density at radius 1 is 1.10 bits per heavy atom. The van der Waals surface area contributed by atoms with Gasteiger partial charge < -0.3 is 9.84 Å². The molecule has 1 fully saturated rings. The van der Waals surface area contributed by atoms with Crippen LogP contribution in [0.1, 0.15) is 30.1 Å². The highest BCUT2D eigenvalue weighted by molar-refractivity contribution is 5.31. The molecule has 3 rings (SSSR count). The molecule has 21 heavy (non-hydrogen) atoms. The molecule has 0 aromatic heterocycles. The second-order valence-electron chi connectivity index (χ2n) is 5.39. The van der Waals surface area contributed by atoms with Gasteiger partial charge in [0, 0.05) is 12.5 Å². The van der Waals surface area contributed by atoms with Gasteiger partial charge in [-0.15, -0.1) is 0 Å². The number of hydrogen-bond donors (Lipinski definition) is 1. The van der Waals surface area contributed by atoms with Gasteiger partial charge in [0.15, 0.2) is 0 Å². The lowest BCUT2D eigenvalue weighted by Gasteiger charge is -2.13. The quantitative estimate of drug-likeness (QED) is 0.908. The van der Waals surface area contributed by atoms with Crippen LogP contribution in [0.4, 0.5) is 8.78 Å². The van der Waals surface area contributed by atoms with Crippen molar-refractivity contribution < 1.29 is 18.6 Å². The third kappa shape index (κ3) is 3.79. The minimum atomic E-state index is -0.825. The van der Waals surface area contributed by atoms with E-state index in [1.165, 1.54) is 12.1 Å².